The summed E-state index contributed by atoms with van der Waals surface area (Å²) in [6.07, 6.45) is -0.0984. The quantitative estimate of drug-likeness (QED) is 0.724. The van der Waals surface area contributed by atoms with Gasteiger partial charge in [0.2, 0.25) is 0 Å². The molecule has 0 aliphatic carbocycles. The third-order valence-corrected chi connectivity index (χ3v) is 6.99. The van der Waals surface area contributed by atoms with Crippen LogP contribution in [0.15, 0.2) is 85.1 Å². The highest BCUT2D eigenvalue weighted by Crippen LogP contribution is 2.53. The van der Waals surface area contributed by atoms with Gasteiger partial charge in [-0.05, 0) is 12.1 Å². The molecule has 0 saturated heterocycles. The van der Waals surface area contributed by atoms with Crippen molar-refractivity contribution in [2.24, 2.45) is 0 Å². The Bertz CT molecular complexity index is 784. The molecule has 0 spiro atoms. The molecule has 1 heterocycles. The Hall–Kier alpha value is -2.29. The van der Waals surface area contributed by atoms with Crippen molar-refractivity contribution in [3.63, 3.8) is 0 Å². The highest BCUT2D eigenvalue weighted by molar-refractivity contribution is 7.79. The van der Waals surface area contributed by atoms with Crippen molar-refractivity contribution in [2.75, 3.05) is 0 Å². The van der Waals surface area contributed by atoms with Crippen LogP contribution in [-0.2, 0) is 4.57 Å². The van der Waals surface area contributed by atoms with E-state index in [2.05, 4.69) is 4.98 Å². The van der Waals surface area contributed by atoms with Crippen LogP contribution in [0, 0.1) is 0 Å². The lowest BCUT2D eigenvalue weighted by Crippen LogP contribution is -2.28. The monoisotopic (exact) mass is 341 g/mol. The Morgan fingerprint density at radius 1 is 0.833 bits per heavy atom. The van der Waals surface area contributed by atoms with Gasteiger partial charge >= 0.3 is 0 Å². The van der Waals surface area contributed by atoms with Crippen molar-refractivity contribution in [3.8, 4) is 0 Å². The molecule has 2 atom stereocenters. The van der Waals surface area contributed by atoms with E-state index in [-0.39, 0.29) is 5.69 Å². The van der Waals surface area contributed by atoms with E-state index in [9.17, 15) is 9.67 Å². The first kappa shape index (κ1) is 16.6. The lowest BCUT2D eigenvalue weighted by molar-refractivity contribution is 0.115. The fourth-order valence-corrected chi connectivity index (χ4v) is 5.27. The summed E-state index contributed by atoms with van der Waals surface area (Å²) in [5, 5.41) is 11.2. The van der Waals surface area contributed by atoms with E-state index in [4.69, 9.17) is 0 Å². The van der Waals surface area contributed by atoms with Crippen LogP contribution in [0.5, 0.6) is 0 Å². The largest absolute Gasteiger partial charge is 0.383 e. The number of alkyl halides is 1. The summed E-state index contributed by atoms with van der Waals surface area (Å²) in [5.74, 6) is -1.99. The number of benzene rings is 2. The van der Waals surface area contributed by atoms with Gasteiger partial charge in [0.05, 0.1) is 5.69 Å². The van der Waals surface area contributed by atoms with Gasteiger partial charge in [0.25, 0.3) is 0 Å². The Labute approximate surface area is 140 Å². The van der Waals surface area contributed by atoms with E-state index in [0.717, 1.165) is 0 Å². The van der Waals surface area contributed by atoms with Crippen LogP contribution in [0.4, 0.5) is 4.39 Å². The maximum absolute atomic E-state index is 15.3. The minimum atomic E-state index is -3.69. The number of aliphatic hydroxyl groups excluding tert-OH is 1. The van der Waals surface area contributed by atoms with Gasteiger partial charge in [0, 0.05) is 16.8 Å². The number of rotatable bonds is 5. The summed E-state index contributed by atoms with van der Waals surface area (Å²) >= 11 is 0. The molecule has 122 valence electrons. The number of hydrogen-bond acceptors (Lipinski definition) is 3. The van der Waals surface area contributed by atoms with Gasteiger partial charge in [-0.2, -0.15) is 0 Å². The van der Waals surface area contributed by atoms with E-state index in [1.165, 1.54) is 12.3 Å². The standard InChI is InChI=1S/C19H17FNO2P/c20-19(18(22)17-13-7-8-14-21-17)24(23,15-9-3-1-4-10-15)16-11-5-2-6-12-16/h1-14,18-19,22H/t18-,19-/m1/s1. The second kappa shape index (κ2) is 7.08. The minimum Gasteiger partial charge on any atom is -0.383 e. The molecule has 1 N–H and O–H groups in total. The third-order valence-electron chi connectivity index (χ3n) is 3.88. The molecule has 3 nitrogen and oxygen atoms in total. The van der Waals surface area contributed by atoms with Crippen LogP contribution in [-0.4, -0.2) is 16.0 Å². The molecule has 0 fully saturated rings. The summed E-state index contributed by atoms with van der Waals surface area (Å²) in [6.45, 7) is 0. The smallest absolute Gasteiger partial charge is 0.192 e. The molecule has 0 aliphatic heterocycles. The number of hydrogen-bond donors (Lipinski definition) is 1. The second-order valence-corrected chi connectivity index (χ2v) is 8.24. The fraction of sp³-hybridized carbons (Fsp3) is 0.105. The summed E-state index contributed by atoms with van der Waals surface area (Å²) in [4.78, 5) is 3.99. The zero-order valence-corrected chi connectivity index (χ0v) is 13.8. The Morgan fingerprint density at radius 2 is 1.33 bits per heavy atom. The highest BCUT2D eigenvalue weighted by Gasteiger charge is 2.42. The molecule has 0 amide bonds. The molecule has 0 aliphatic rings. The maximum atomic E-state index is 15.3. The van der Waals surface area contributed by atoms with Gasteiger partial charge in [-0.25, -0.2) is 4.39 Å². The first-order valence-electron chi connectivity index (χ1n) is 7.58. The SMILES string of the molecule is O=P(c1ccccc1)(c1ccccc1)[C@@H](F)[C@H](O)c1ccccn1. The van der Waals surface area contributed by atoms with Crippen molar-refractivity contribution in [3.05, 3.63) is 90.8 Å². The average Bonchev–Trinajstić information content (AvgIpc) is 2.68. The number of aliphatic hydroxyl groups is 1. The molecule has 3 aromatic rings. The van der Waals surface area contributed by atoms with Crippen molar-refractivity contribution in [1.82, 2.24) is 4.98 Å². The van der Waals surface area contributed by atoms with Gasteiger partial charge in [-0.3, -0.25) is 4.98 Å². The maximum Gasteiger partial charge on any atom is 0.192 e. The first-order valence-corrected chi connectivity index (χ1v) is 9.35. The van der Waals surface area contributed by atoms with E-state index in [1.807, 2.05) is 0 Å². The second-order valence-electron chi connectivity index (χ2n) is 5.40. The average molecular weight is 341 g/mol. The van der Waals surface area contributed by atoms with Crippen molar-refractivity contribution >= 4 is 17.8 Å². The Balaban J connectivity index is 2.11. The van der Waals surface area contributed by atoms with E-state index in [0.29, 0.717) is 10.6 Å². The normalized spacial score (nSPS) is 14.1. The van der Waals surface area contributed by atoms with Crippen LogP contribution in [0.25, 0.3) is 0 Å². The van der Waals surface area contributed by atoms with Crippen LogP contribution in [0.2, 0.25) is 0 Å². The van der Waals surface area contributed by atoms with Crippen molar-refractivity contribution < 1.29 is 14.1 Å². The van der Waals surface area contributed by atoms with E-state index < -0.39 is 19.2 Å². The molecule has 2 aromatic carbocycles. The summed E-state index contributed by atoms with van der Waals surface area (Å²) < 4.78 is 29.1. The Kier molecular flexibility index (Phi) is 4.89. The molecule has 24 heavy (non-hydrogen) atoms. The summed E-state index contributed by atoms with van der Waals surface area (Å²) in [7, 11) is -3.69. The molecule has 0 unspecified atom stereocenters. The topological polar surface area (TPSA) is 50.2 Å². The lowest BCUT2D eigenvalue weighted by atomic mass is 10.2. The van der Waals surface area contributed by atoms with Crippen LogP contribution >= 0.6 is 7.14 Å². The molecular weight excluding hydrogens is 324 g/mol. The molecule has 3 rings (SSSR count). The number of nitrogens with zero attached hydrogens (tertiary/aromatic N) is 1. The number of pyridine rings is 1. The zero-order valence-electron chi connectivity index (χ0n) is 12.9. The fourth-order valence-electron chi connectivity index (χ4n) is 2.62. The molecule has 1 aromatic heterocycles. The van der Waals surface area contributed by atoms with Gasteiger partial charge in [0.1, 0.15) is 6.10 Å². The van der Waals surface area contributed by atoms with Crippen LogP contribution in [0.1, 0.15) is 11.8 Å². The van der Waals surface area contributed by atoms with Crippen molar-refractivity contribution in [2.45, 2.75) is 12.0 Å². The van der Waals surface area contributed by atoms with Gasteiger partial charge < -0.3 is 9.67 Å². The predicted octanol–water partition coefficient (Wildman–Crippen LogP) is 3.42. The van der Waals surface area contributed by atoms with Crippen molar-refractivity contribution in [1.29, 1.82) is 0 Å². The van der Waals surface area contributed by atoms with Gasteiger partial charge in [0.15, 0.2) is 13.1 Å². The molecule has 0 radical (unpaired) electrons. The van der Waals surface area contributed by atoms with E-state index in [1.54, 1.807) is 72.8 Å². The Morgan fingerprint density at radius 3 is 1.79 bits per heavy atom. The molecule has 0 saturated carbocycles. The van der Waals surface area contributed by atoms with Gasteiger partial charge in [-0.15, -0.1) is 0 Å². The number of halogens is 1. The molecular formula is C19H17FNO2P. The molecule has 0 bridgehead atoms. The van der Waals surface area contributed by atoms with Gasteiger partial charge in [-0.1, -0.05) is 66.7 Å². The highest BCUT2D eigenvalue weighted by atomic mass is 31.2. The van der Waals surface area contributed by atoms with Crippen LogP contribution < -0.4 is 10.6 Å². The zero-order chi connectivity index (χ0) is 17.0. The molecule has 5 heteroatoms. The summed E-state index contributed by atoms with van der Waals surface area (Å²) in [6, 6.07) is 21.8. The number of aromatic nitrogens is 1. The third kappa shape index (κ3) is 3.03. The first-order chi connectivity index (χ1) is 11.6. The van der Waals surface area contributed by atoms with Crippen LogP contribution in [0.3, 0.4) is 0 Å². The summed E-state index contributed by atoms with van der Waals surface area (Å²) in [5.41, 5.74) is 0.164. The minimum absolute atomic E-state index is 0.164. The lowest BCUT2D eigenvalue weighted by Gasteiger charge is -2.26. The predicted molar refractivity (Wildman–Crippen MR) is 93.9 cm³/mol. The van der Waals surface area contributed by atoms with E-state index >= 15 is 4.39 Å².